The molecule has 142 valence electrons. The zero-order chi connectivity index (χ0) is 18.9. The first-order valence-corrected chi connectivity index (χ1v) is 9.85. The Hall–Kier alpha value is -3.09. The Morgan fingerprint density at radius 3 is 2.36 bits per heavy atom. The van der Waals surface area contributed by atoms with Gasteiger partial charge in [0.1, 0.15) is 11.6 Å². The van der Waals surface area contributed by atoms with Crippen LogP contribution in [0.15, 0.2) is 42.9 Å². The summed E-state index contributed by atoms with van der Waals surface area (Å²) in [5.74, 6) is 3.43. The molecule has 1 saturated heterocycles. The summed E-state index contributed by atoms with van der Waals surface area (Å²) in [5.41, 5.74) is 3.04. The number of piperazine rings is 1. The Bertz CT molecular complexity index is 963. The SMILES string of the molecule is Cc1cc(N2CCN(c3nccc(-c4ccncc4)n3)CC2)nc(C2CC2)n1. The predicted octanol–water partition coefficient (Wildman–Crippen LogP) is 2.84. The Labute approximate surface area is 164 Å². The standard InChI is InChI=1S/C21H23N7/c1-15-14-19(26-20(24-15)17-2-3-17)27-10-12-28(13-11-27)21-23-9-6-18(25-21)16-4-7-22-8-5-16/h4-9,14,17H,2-3,10-13H2,1H3. The fraction of sp³-hybridized carbons (Fsp3) is 0.381. The molecule has 7 nitrogen and oxygen atoms in total. The molecule has 0 N–H and O–H groups in total. The van der Waals surface area contributed by atoms with Crippen molar-refractivity contribution in [2.75, 3.05) is 36.0 Å². The van der Waals surface area contributed by atoms with Crippen molar-refractivity contribution >= 4 is 11.8 Å². The van der Waals surface area contributed by atoms with E-state index in [2.05, 4.69) is 37.7 Å². The summed E-state index contributed by atoms with van der Waals surface area (Å²) in [6.45, 7) is 5.63. The molecule has 2 aliphatic rings. The minimum atomic E-state index is 0.573. The minimum absolute atomic E-state index is 0.573. The summed E-state index contributed by atoms with van der Waals surface area (Å²) in [6, 6.07) is 7.98. The lowest BCUT2D eigenvalue weighted by atomic mass is 10.2. The lowest BCUT2D eigenvalue weighted by Crippen LogP contribution is -2.47. The number of rotatable bonds is 4. The van der Waals surface area contributed by atoms with E-state index in [4.69, 9.17) is 9.97 Å². The lowest BCUT2D eigenvalue weighted by molar-refractivity contribution is 0.632. The Morgan fingerprint density at radius 2 is 1.61 bits per heavy atom. The number of aryl methyl sites for hydroxylation is 1. The van der Waals surface area contributed by atoms with E-state index in [9.17, 15) is 0 Å². The summed E-state index contributed by atoms with van der Waals surface area (Å²) in [4.78, 5) is 27.4. The maximum Gasteiger partial charge on any atom is 0.225 e. The number of pyridine rings is 1. The van der Waals surface area contributed by atoms with E-state index in [1.807, 2.05) is 24.4 Å². The first kappa shape index (κ1) is 17.0. The Balaban J connectivity index is 1.30. The maximum absolute atomic E-state index is 4.83. The van der Waals surface area contributed by atoms with E-state index < -0.39 is 0 Å². The second-order valence-corrected chi connectivity index (χ2v) is 7.45. The molecule has 1 aliphatic heterocycles. The van der Waals surface area contributed by atoms with Crippen LogP contribution in [0.5, 0.6) is 0 Å². The average Bonchev–Trinajstić information content (AvgIpc) is 3.60. The first-order chi connectivity index (χ1) is 13.8. The monoisotopic (exact) mass is 373 g/mol. The average molecular weight is 373 g/mol. The molecule has 28 heavy (non-hydrogen) atoms. The summed E-state index contributed by atoms with van der Waals surface area (Å²) >= 11 is 0. The minimum Gasteiger partial charge on any atom is -0.353 e. The second-order valence-electron chi connectivity index (χ2n) is 7.45. The van der Waals surface area contributed by atoms with Crippen molar-refractivity contribution in [2.45, 2.75) is 25.7 Å². The van der Waals surface area contributed by atoms with Crippen LogP contribution in [0, 0.1) is 6.92 Å². The highest BCUT2D eigenvalue weighted by Crippen LogP contribution is 2.38. The van der Waals surface area contributed by atoms with Crippen LogP contribution in [-0.4, -0.2) is 51.1 Å². The van der Waals surface area contributed by atoms with Crippen molar-refractivity contribution in [3.05, 3.63) is 54.4 Å². The molecule has 0 atom stereocenters. The smallest absolute Gasteiger partial charge is 0.225 e. The van der Waals surface area contributed by atoms with Gasteiger partial charge in [0.15, 0.2) is 0 Å². The second kappa shape index (κ2) is 7.14. The third-order valence-electron chi connectivity index (χ3n) is 5.31. The summed E-state index contributed by atoms with van der Waals surface area (Å²) < 4.78 is 0. The van der Waals surface area contributed by atoms with Crippen molar-refractivity contribution in [3.63, 3.8) is 0 Å². The van der Waals surface area contributed by atoms with E-state index in [0.29, 0.717) is 5.92 Å². The van der Waals surface area contributed by atoms with Gasteiger partial charge >= 0.3 is 0 Å². The molecule has 2 fully saturated rings. The van der Waals surface area contributed by atoms with E-state index in [-0.39, 0.29) is 0 Å². The van der Waals surface area contributed by atoms with Crippen LogP contribution in [0.2, 0.25) is 0 Å². The summed E-state index contributed by atoms with van der Waals surface area (Å²) in [7, 11) is 0. The molecular weight excluding hydrogens is 350 g/mol. The first-order valence-electron chi connectivity index (χ1n) is 9.85. The Kier molecular flexibility index (Phi) is 4.35. The number of anilines is 2. The molecule has 0 spiro atoms. The van der Waals surface area contributed by atoms with Gasteiger partial charge in [-0.3, -0.25) is 4.98 Å². The molecule has 0 radical (unpaired) electrons. The molecule has 0 amide bonds. The molecule has 3 aromatic heterocycles. The van der Waals surface area contributed by atoms with Gasteiger partial charge in [-0.2, -0.15) is 0 Å². The number of nitrogens with zero attached hydrogens (tertiary/aromatic N) is 7. The van der Waals surface area contributed by atoms with Gasteiger partial charge in [0.2, 0.25) is 5.95 Å². The van der Waals surface area contributed by atoms with Crippen LogP contribution < -0.4 is 9.80 Å². The van der Waals surface area contributed by atoms with Crippen LogP contribution in [0.3, 0.4) is 0 Å². The molecule has 1 saturated carbocycles. The number of hydrogen-bond donors (Lipinski definition) is 0. The third kappa shape index (κ3) is 3.52. The van der Waals surface area contributed by atoms with E-state index in [1.54, 1.807) is 12.4 Å². The molecule has 5 rings (SSSR count). The molecule has 1 aliphatic carbocycles. The quantitative estimate of drug-likeness (QED) is 0.696. The molecule has 0 aromatic carbocycles. The van der Waals surface area contributed by atoms with Crippen molar-refractivity contribution in [1.82, 2.24) is 24.9 Å². The molecular formula is C21H23N7. The largest absolute Gasteiger partial charge is 0.353 e. The van der Waals surface area contributed by atoms with E-state index in [0.717, 1.165) is 60.7 Å². The lowest BCUT2D eigenvalue weighted by Gasteiger charge is -2.35. The molecule has 4 heterocycles. The van der Waals surface area contributed by atoms with Gasteiger partial charge in [0.05, 0.1) is 5.69 Å². The molecule has 0 bridgehead atoms. The molecule has 7 heteroatoms. The molecule has 0 unspecified atom stereocenters. The predicted molar refractivity (Wildman–Crippen MR) is 108 cm³/mol. The zero-order valence-corrected chi connectivity index (χ0v) is 16.0. The van der Waals surface area contributed by atoms with Crippen LogP contribution in [0.4, 0.5) is 11.8 Å². The van der Waals surface area contributed by atoms with E-state index in [1.165, 1.54) is 12.8 Å². The highest BCUT2D eigenvalue weighted by molar-refractivity contribution is 5.59. The highest BCUT2D eigenvalue weighted by atomic mass is 15.3. The van der Waals surface area contributed by atoms with Crippen molar-refractivity contribution in [3.8, 4) is 11.3 Å². The fourth-order valence-corrected chi connectivity index (χ4v) is 3.58. The third-order valence-corrected chi connectivity index (χ3v) is 5.31. The normalized spacial score (nSPS) is 17.0. The van der Waals surface area contributed by atoms with Crippen LogP contribution >= 0.6 is 0 Å². The van der Waals surface area contributed by atoms with Gasteiger partial charge in [-0.05, 0) is 38.0 Å². The van der Waals surface area contributed by atoms with Gasteiger partial charge in [-0.15, -0.1) is 0 Å². The fourth-order valence-electron chi connectivity index (χ4n) is 3.58. The topological polar surface area (TPSA) is 70.9 Å². The van der Waals surface area contributed by atoms with Crippen LogP contribution in [0.25, 0.3) is 11.3 Å². The molecule has 3 aromatic rings. The van der Waals surface area contributed by atoms with Gasteiger partial charge < -0.3 is 9.80 Å². The summed E-state index contributed by atoms with van der Waals surface area (Å²) in [6.07, 6.45) is 7.86. The van der Waals surface area contributed by atoms with Gasteiger partial charge in [-0.1, -0.05) is 0 Å². The van der Waals surface area contributed by atoms with Gasteiger partial charge in [-0.25, -0.2) is 19.9 Å². The van der Waals surface area contributed by atoms with E-state index >= 15 is 0 Å². The van der Waals surface area contributed by atoms with Crippen LogP contribution in [-0.2, 0) is 0 Å². The van der Waals surface area contributed by atoms with Gasteiger partial charge in [0, 0.05) is 68.0 Å². The highest BCUT2D eigenvalue weighted by Gasteiger charge is 2.28. The number of aromatic nitrogens is 5. The maximum atomic E-state index is 4.83. The van der Waals surface area contributed by atoms with Crippen molar-refractivity contribution < 1.29 is 0 Å². The zero-order valence-electron chi connectivity index (χ0n) is 16.0. The van der Waals surface area contributed by atoms with Crippen molar-refractivity contribution in [2.24, 2.45) is 0 Å². The van der Waals surface area contributed by atoms with Crippen molar-refractivity contribution in [1.29, 1.82) is 0 Å². The Morgan fingerprint density at radius 1 is 0.857 bits per heavy atom. The van der Waals surface area contributed by atoms with Gasteiger partial charge in [0.25, 0.3) is 0 Å². The number of hydrogen-bond acceptors (Lipinski definition) is 7. The van der Waals surface area contributed by atoms with Crippen LogP contribution in [0.1, 0.15) is 30.3 Å². The summed E-state index contributed by atoms with van der Waals surface area (Å²) in [5, 5.41) is 0.